The summed E-state index contributed by atoms with van der Waals surface area (Å²) in [4.78, 5) is 15.3. The molecule has 0 fully saturated rings. The van der Waals surface area contributed by atoms with Crippen molar-refractivity contribution in [3.05, 3.63) is 82.7 Å². The summed E-state index contributed by atoms with van der Waals surface area (Å²) in [6, 6.07) is 13.5. The van der Waals surface area contributed by atoms with Gasteiger partial charge in [-0.2, -0.15) is 0 Å². The Morgan fingerprint density at radius 2 is 1.97 bits per heavy atom. The molecule has 3 N–H and O–H groups in total. The van der Waals surface area contributed by atoms with Gasteiger partial charge in [0.25, 0.3) is 5.56 Å². The number of ether oxygens (including phenoxy) is 1. The Kier molecular flexibility index (Phi) is 5.49. The summed E-state index contributed by atoms with van der Waals surface area (Å²) in [7, 11) is 1.61. The Labute approximate surface area is 173 Å². The van der Waals surface area contributed by atoms with Crippen molar-refractivity contribution < 1.29 is 17.9 Å². The van der Waals surface area contributed by atoms with E-state index < -0.39 is 17.1 Å². The molecular weight excluding hydrogens is 409 g/mol. The largest absolute Gasteiger partial charge is 0.454 e. The Morgan fingerprint density at radius 3 is 2.70 bits per heavy atom. The second kappa shape index (κ2) is 8.23. The maximum Gasteiger partial charge on any atom is 0.274 e. The number of benzene rings is 2. The molecule has 1 atom stereocenters. The number of hydrogen-bond acceptors (Lipinski definition) is 3. The SMILES string of the molecule is Cn1cc(-c2cc(CNS(=O)O)cc(F)c2Oc2ccccc2)c2cc[nH]c2c1=O. The summed E-state index contributed by atoms with van der Waals surface area (Å²) in [6.45, 7) is -0.0271. The summed E-state index contributed by atoms with van der Waals surface area (Å²) in [5, 5.41) is 0.617. The van der Waals surface area contributed by atoms with E-state index in [1.807, 2.05) is 6.07 Å². The fraction of sp³-hybridized carbons (Fsp3) is 0.0952. The van der Waals surface area contributed by atoms with E-state index in [1.54, 1.807) is 55.8 Å². The number of para-hydroxylation sites is 1. The first kappa shape index (κ1) is 20.0. The third-order valence-corrected chi connectivity index (χ3v) is 5.04. The van der Waals surface area contributed by atoms with Crippen molar-refractivity contribution in [2.24, 2.45) is 7.05 Å². The fourth-order valence-electron chi connectivity index (χ4n) is 3.29. The Bertz CT molecular complexity index is 1300. The van der Waals surface area contributed by atoms with Crippen LogP contribution in [0.5, 0.6) is 11.5 Å². The zero-order valence-electron chi connectivity index (χ0n) is 15.9. The van der Waals surface area contributed by atoms with Crippen molar-refractivity contribution in [2.45, 2.75) is 6.54 Å². The monoisotopic (exact) mass is 427 g/mol. The molecular formula is C21H18FN3O4S. The van der Waals surface area contributed by atoms with Gasteiger partial charge in [0.15, 0.2) is 11.6 Å². The summed E-state index contributed by atoms with van der Waals surface area (Å²) in [6.07, 6.45) is 3.26. The average molecular weight is 427 g/mol. The lowest BCUT2D eigenvalue weighted by Gasteiger charge is -2.16. The smallest absolute Gasteiger partial charge is 0.274 e. The number of aromatic amines is 1. The van der Waals surface area contributed by atoms with Gasteiger partial charge in [0, 0.05) is 42.5 Å². The summed E-state index contributed by atoms with van der Waals surface area (Å²) >= 11 is -2.24. The van der Waals surface area contributed by atoms with Gasteiger partial charge in [-0.15, -0.1) is 0 Å². The fourth-order valence-corrected chi connectivity index (χ4v) is 3.58. The Balaban J connectivity index is 1.94. The van der Waals surface area contributed by atoms with Crippen LogP contribution < -0.4 is 15.0 Å². The van der Waals surface area contributed by atoms with Crippen LogP contribution in [0.25, 0.3) is 22.0 Å². The molecule has 2 aromatic heterocycles. The van der Waals surface area contributed by atoms with Gasteiger partial charge < -0.3 is 14.3 Å². The van der Waals surface area contributed by atoms with Crippen molar-refractivity contribution in [3.8, 4) is 22.6 Å². The third-order valence-electron chi connectivity index (χ3n) is 4.65. The van der Waals surface area contributed by atoms with Crippen LogP contribution in [0.4, 0.5) is 4.39 Å². The van der Waals surface area contributed by atoms with Gasteiger partial charge in [0.1, 0.15) is 11.3 Å². The molecule has 0 radical (unpaired) electrons. The van der Waals surface area contributed by atoms with Crippen molar-refractivity contribution in [1.82, 2.24) is 14.3 Å². The van der Waals surface area contributed by atoms with E-state index in [9.17, 15) is 9.00 Å². The maximum atomic E-state index is 15.1. The molecule has 0 bridgehead atoms. The lowest BCUT2D eigenvalue weighted by Crippen LogP contribution is -2.17. The lowest BCUT2D eigenvalue weighted by atomic mass is 10.00. The van der Waals surface area contributed by atoms with Crippen molar-refractivity contribution in [1.29, 1.82) is 0 Å². The highest BCUT2D eigenvalue weighted by Crippen LogP contribution is 2.39. The predicted molar refractivity (Wildman–Crippen MR) is 113 cm³/mol. The minimum absolute atomic E-state index is 0.00350. The van der Waals surface area contributed by atoms with E-state index in [1.165, 1.54) is 10.6 Å². The minimum atomic E-state index is -2.24. The van der Waals surface area contributed by atoms with Gasteiger partial charge in [0.05, 0.1) is 0 Å². The lowest BCUT2D eigenvalue weighted by molar-refractivity contribution is 0.443. The number of hydrogen-bond donors (Lipinski definition) is 3. The van der Waals surface area contributed by atoms with Gasteiger partial charge in [0.2, 0.25) is 11.3 Å². The highest BCUT2D eigenvalue weighted by molar-refractivity contribution is 7.77. The van der Waals surface area contributed by atoms with Crippen LogP contribution in [0.2, 0.25) is 0 Å². The topological polar surface area (TPSA) is 96.3 Å². The number of pyridine rings is 1. The first-order valence-corrected chi connectivity index (χ1v) is 10.1. The molecule has 2 aromatic carbocycles. The van der Waals surface area contributed by atoms with E-state index in [4.69, 9.17) is 9.29 Å². The zero-order valence-corrected chi connectivity index (χ0v) is 16.7. The molecule has 0 saturated carbocycles. The van der Waals surface area contributed by atoms with Crippen LogP contribution in [0, 0.1) is 5.82 Å². The Morgan fingerprint density at radius 1 is 1.20 bits per heavy atom. The number of H-pyrrole nitrogens is 1. The number of halogens is 1. The van der Waals surface area contributed by atoms with E-state index in [-0.39, 0.29) is 17.9 Å². The van der Waals surface area contributed by atoms with Gasteiger partial charge in [-0.3, -0.25) is 9.35 Å². The van der Waals surface area contributed by atoms with Gasteiger partial charge in [-0.25, -0.2) is 13.3 Å². The molecule has 2 heterocycles. The summed E-state index contributed by atoms with van der Waals surface area (Å²) in [5.41, 5.74) is 1.63. The quantitative estimate of drug-likeness (QED) is 0.409. The molecule has 0 spiro atoms. The molecule has 0 aliphatic carbocycles. The molecule has 0 aliphatic rings. The zero-order chi connectivity index (χ0) is 21.3. The molecule has 4 rings (SSSR count). The molecule has 4 aromatic rings. The predicted octanol–water partition coefficient (Wildman–Crippen LogP) is 3.69. The Hall–Kier alpha value is -3.27. The first-order valence-electron chi connectivity index (χ1n) is 9.01. The van der Waals surface area contributed by atoms with Gasteiger partial charge in [-0.1, -0.05) is 18.2 Å². The van der Waals surface area contributed by atoms with E-state index in [0.29, 0.717) is 33.3 Å². The van der Waals surface area contributed by atoms with Crippen molar-refractivity contribution >= 4 is 22.2 Å². The number of aromatic nitrogens is 2. The first-order chi connectivity index (χ1) is 14.4. The molecule has 30 heavy (non-hydrogen) atoms. The van der Waals surface area contributed by atoms with Crippen LogP contribution >= 0.6 is 0 Å². The normalized spacial score (nSPS) is 12.2. The molecule has 0 aliphatic heterocycles. The van der Waals surface area contributed by atoms with Crippen molar-refractivity contribution in [2.75, 3.05) is 0 Å². The van der Waals surface area contributed by atoms with Gasteiger partial charge in [-0.05, 0) is 35.9 Å². The van der Waals surface area contributed by atoms with Gasteiger partial charge >= 0.3 is 0 Å². The average Bonchev–Trinajstić information content (AvgIpc) is 3.22. The van der Waals surface area contributed by atoms with Crippen LogP contribution in [0.1, 0.15) is 5.56 Å². The number of fused-ring (bicyclic) bond motifs is 1. The standard InChI is InChI=1S/C21H18FN3O4S/c1-25-12-17(15-7-8-23-19(15)21(25)26)16-9-13(11-24-30(27)28)10-18(22)20(16)29-14-5-3-2-4-6-14/h2-10,12,23-24H,11H2,1H3,(H,27,28). The molecule has 0 amide bonds. The molecule has 0 saturated heterocycles. The summed E-state index contributed by atoms with van der Waals surface area (Å²) in [5.74, 6) is -0.180. The number of nitrogens with zero attached hydrogens (tertiary/aromatic N) is 1. The second-order valence-electron chi connectivity index (χ2n) is 6.66. The molecule has 1 unspecified atom stereocenters. The van der Waals surface area contributed by atoms with Crippen LogP contribution in [-0.2, 0) is 24.9 Å². The van der Waals surface area contributed by atoms with E-state index in [0.717, 1.165) is 0 Å². The van der Waals surface area contributed by atoms with Crippen molar-refractivity contribution in [3.63, 3.8) is 0 Å². The summed E-state index contributed by atoms with van der Waals surface area (Å²) < 4.78 is 44.8. The van der Waals surface area contributed by atoms with E-state index >= 15 is 4.39 Å². The molecule has 7 nitrogen and oxygen atoms in total. The second-order valence-corrected chi connectivity index (χ2v) is 7.45. The highest BCUT2D eigenvalue weighted by atomic mass is 32.2. The maximum absolute atomic E-state index is 15.1. The van der Waals surface area contributed by atoms with E-state index in [2.05, 4.69) is 9.71 Å². The highest BCUT2D eigenvalue weighted by Gasteiger charge is 2.19. The molecule has 154 valence electrons. The van der Waals surface area contributed by atoms with Crippen LogP contribution in [0.3, 0.4) is 0 Å². The minimum Gasteiger partial charge on any atom is -0.454 e. The van der Waals surface area contributed by atoms with Crippen LogP contribution in [-0.4, -0.2) is 18.3 Å². The third kappa shape index (κ3) is 3.90. The van der Waals surface area contributed by atoms with Crippen LogP contribution in [0.15, 0.2) is 65.7 Å². The number of nitrogens with one attached hydrogen (secondary N) is 2. The molecule has 9 heteroatoms. The number of aryl methyl sites for hydroxylation is 1. The number of rotatable bonds is 6.